The first kappa shape index (κ1) is 14.2. The van der Waals surface area contributed by atoms with E-state index >= 15 is 0 Å². The summed E-state index contributed by atoms with van der Waals surface area (Å²) in [5.74, 6) is -0.634. The van der Waals surface area contributed by atoms with Gasteiger partial charge in [0.25, 0.3) is 0 Å². The third-order valence-corrected chi connectivity index (χ3v) is 4.00. The second kappa shape index (κ2) is 4.89. The lowest BCUT2D eigenvalue weighted by Gasteiger charge is -2.23. The van der Waals surface area contributed by atoms with Crippen molar-refractivity contribution in [3.8, 4) is 11.4 Å². The van der Waals surface area contributed by atoms with Crippen LogP contribution in [0.2, 0.25) is 0 Å². The number of hydrogen-bond acceptors (Lipinski definition) is 2. The summed E-state index contributed by atoms with van der Waals surface area (Å²) in [6, 6.07) is 0. The van der Waals surface area contributed by atoms with E-state index in [1.165, 1.54) is 0 Å². The maximum Gasteiger partial charge on any atom is 0.392 e. The molecular formula is C14H17F3N4. The van der Waals surface area contributed by atoms with Crippen LogP contribution in [0.3, 0.4) is 0 Å². The van der Waals surface area contributed by atoms with Crippen LogP contribution in [0.25, 0.3) is 11.4 Å². The summed E-state index contributed by atoms with van der Waals surface area (Å²) in [5, 5.41) is 4.34. The lowest BCUT2D eigenvalue weighted by Crippen LogP contribution is -2.28. The second-order valence-corrected chi connectivity index (χ2v) is 5.51. The number of aryl methyl sites for hydroxylation is 3. The summed E-state index contributed by atoms with van der Waals surface area (Å²) >= 11 is 0. The molecule has 7 heteroatoms. The van der Waals surface area contributed by atoms with E-state index in [0.29, 0.717) is 17.9 Å². The van der Waals surface area contributed by atoms with Crippen LogP contribution in [-0.2, 0) is 26.3 Å². The van der Waals surface area contributed by atoms with Gasteiger partial charge in [-0.15, -0.1) is 0 Å². The normalized spacial score (nSPS) is 18.8. The number of rotatable bonds is 2. The summed E-state index contributed by atoms with van der Waals surface area (Å²) in [6.45, 7) is 1.99. The third-order valence-electron chi connectivity index (χ3n) is 4.00. The van der Waals surface area contributed by atoms with Gasteiger partial charge in [0.1, 0.15) is 5.82 Å². The molecule has 1 aliphatic rings. The van der Waals surface area contributed by atoms with Gasteiger partial charge in [0, 0.05) is 25.4 Å². The molecule has 21 heavy (non-hydrogen) atoms. The molecule has 2 aromatic rings. The molecule has 1 unspecified atom stereocenters. The summed E-state index contributed by atoms with van der Waals surface area (Å²) < 4.78 is 40.2. The van der Waals surface area contributed by atoms with Gasteiger partial charge in [0.05, 0.1) is 22.9 Å². The molecule has 0 fully saturated rings. The van der Waals surface area contributed by atoms with Gasteiger partial charge in [0.15, 0.2) is 0 Å². The molecule has 0 aromatic carbocycles. The van der Waals surface area contributed by atoms with Crippen LogP contribution in [-0.4, -0.2) is 25.9 Å². The van der Waals surface area contributed by atoms with E-state index in [0.717, 1.165) is 23.4 Å². The zero-order valence-electron chi connectivity index (χ0n) is 12.0. The molecular weight excluding hydrogens is 281 g/mol. The van der Waals surface area contributed by atoms with Crippen LogP contribution in [0.4, 0.5) is 13.2 Å². The Balaban J connectivity index is 1.93. The lowest BCUT2D eigenvalue weighted by molar-refractivity contribution is -0.177. The highest BCUT2D eigenvalue weighted by Gasteiger charge is 2.42. The van der Waals surface area contributed by atoms with E-state index in [1.54, 1.807) is 4.68 Å². The van der Waals surface area contributed by atoms with Crippen LogP contribution in [0.15, 0.2) is 6.20 Å². The molecule has 0 spiro atoms. The zero-order valence-corrected chi connectivity index (χ0v) is 12.0. The molecule has 0 bridgehead atoms. The van der Waals surface area contributed by atoms with Crippen molar-refractivity contribution in [3.05, 3.63) is 23.3 Å². The number of aromatic nitrogens is 4. The molecule has 0 amide bonds. The molecule has 114 valence electrons. The number of H-pyrrole nitrogens is 1. The van der Waals surface area contributed by atoms with Crippen molar-refractivity contribution in [2.24, 2.45) is 13.0 Å². The number of fused-ring (bicyclic) bond motifs is 1. The molecule has 2 aromatic heterocycles. The van der Waals surface area contributed by atoms with Crippen molar-refractivity contribution in [3.63, 3.8) is 0 Å². The Labute approximate surface area is 120 Å². The summed E-state index contributed by atoms with van der Waals surface area (Å²) in [6.07, 6.45) is -1.04. The van der Waals surface area contributed by atoms with Crippen molar-refractivity contribution >= 4 is 0 Å². The smallest absolute Gasteiger partial charge is 0.341 e. The van der Waals surface area contributed by atoms with E-state index in [9.17, 15) is 13.2 Å². The monoisotopic (exact) mass is 298 g/mol. The second-order valence-electron chi connectivity index (χ2n) is 5.51. The molecule has 2 heterocycles. The Kier molecular flexibility index (Phi) is 3.30. The molecule has 0 saturated heterocycles. The maximum absolute atomic E-state index is 12.8. The van der Waals surface area contributed by atoms with Gasteiger partial charge in [-0.05, 0) is 19.3 Å². The van der Waals surface area contributed by atoms with Crippen molar-refractivity contribution in [2.45, 2.75) is 38.8 Å². The Bertz CT molecular complexity index is 654. The number of imidazole rings is 1. The van der Waals surface area contributed by atoms with Crippen molar-refractivity contribution < 1.29 is 13.2 Å². The fraction of sp³-hybridized carbons (Fsp3) is 0.571. The third kappa shape index (κ3) is 2.56. The molecule has 0 aliphatic heterocycles. The van der Waals surface area contributed by atoms with Crippen LogP contribution in [0.5, 0.6) is 0 Å². The van der Waals surface area contributed by atoms with Crippen LogP contribution < -0.4 is 0 Å². The van der Waals surface area contributed by atoms with Gasteiger partial charge in [0.2, 0.25) is 0 Å². The Hall–Kier alpha value is -1.79. The Morgan fingerprint density at radius 1 is 1.43 bits per heavy atom. The van der Waals surface area contributed by atoms with E-state index in [4.69, 9.17) is 0 Å². The number of aromatic amines is 1. The molecule has 1 atom stereocenters. The van der Waals surface area contributed by atoms with Gasteiger partial charge in [-0.3, -0.25) is 4.68 Å². The van der Waals surface area contributed by atoms with Gasteiger partial charge in [-0.25, -0.2) is 4.98 Å². The minimum atomic E-state index is -4.13. The fourth-order valence-corrected chi connectivity index (χ4v) is 2.88. The first-order valence-corrected chi connectivity index (χ1v) is 7.05. The predicted molar refractivity (Wildman–Crippen MR) is 71.7 cm³/mol. The topological polar surface area (TPSA) is 46.5 Å². The first-order chi connectivity index (χ1) is 9.88. The standard InChI is InChI=1S/C14H17F3N4/c1-3-10-9(7-21(2)20-10)13-18-11-5-4-8(14(15,16)17)6-12(11)19-13/h7-8H,3-6H2,1-2H3,(H,18,19). The fourth-order valence-electron chi connectivity index (χ4n) is 2.88. The average molecular weight is 298 g/mol. The number of alkyl halides is 3. The SMILES string of the molecule is CCc1nn(C)cc1-c1nc2c([nH]1)CC(C(F)(F)F)CC2. The van der Waals surface area contributed by atoms with Crippen molar-refractivity contribution in [1.82, 2.24) is 19.7 Å². The van der Waals surface area contributed by atoms with E-state index in [2.05, 4.69) is 15.1 Å². The first-order valence-electron chi connectivity index (χ1n) is 7.05. The highest BCUT2D eigenvalue weighted by molar-refractivity contribution is 5.58. The number of hydrogen-bond donors (Lipinski definition) is 1. The van der Waals surface area contributed by atoms with Gasteiger partial charge < -0.3 is 4.98 Å². The largest absolute Gasteiger partial charge is 0.392 e. The van der Waals surface area contributed by atoms with Crippen LogP contribution in [0.1, 0.15) is 30.4 Å². The summed E-state index contributed by atoms with van der Waals surface area (Å²) in [5.41, 5.74) is 3.15. The van der Waals surface area contributed by atoms with Crippen molar-refractivity contribution in [1.29, 1.82) is 0 Å². The highest BCUT2D eigenvalue weighted by atomic mass is 19.4. The van der Waals surface area contributed by atoms with E-state index < -0.39 is 12.1 Å². The molecule has 1 aliphatic carbocycles. The van der Waals surface area contributed by atoms with Crippen LogP contribution >= 0.6 is 0 Å². The van der Waals surface area contributed by atoms with Crippen molar-refractivity contribution in [2.75, 3.05) is 0 Å². The number of nitrogens with one attached hydrogen (secondary N) is 1. The summed E-state index contributed by atoms with van der Waals surface area (Å²) in [4.78, 5) is 7.56. The van der Waals surface area contributed by atoms with Crippen LogP contribution in [0, 0.1) is 5.92 Å². The minimum absolute atomic E-state index is 0.00640. The molecule has 4 nitrogen and oxygen atoms in total. The Morgan fingerprint density at radius 3 is 2.86 bits per heavy atom. The molecule has 0 radical (unpaired) electrons. The van der Waals surface area contributed by atoms with E-state index in [-0.39, 0.29) is 12.8 Å². The quantitative estimate of drug-likeness (QED) is 0.926. The molecule has 1 N–H and O–H groups in total. The van der Waals surface area contributed by atoms with Gasteiger partial charge >= 0.3 is 6.18 Å². The Morgan fingerprint density at radius 2 is 2.19 bits per heavy atom. The minimum Gasteiger partial charge on any atom is -0.341 e. The van der Waals surface area contributed by atoms with Gasteiger partial charge in [-0.1, -0.05) is 6.92 Å². The maximum atomic E-state index is 12.8. The molecule has 3 rings (SSSR count). The number of halogens is 3. The zero-order chi connectivity index (χ0) is 15.2. The van der Waals surface area contributed by atoms with E-state index in [1.807, 2.05) is 20.2 Å². The highest BCUT2D eigenvalue weighted by Crippen LogP contribution is 2.37. The number of nitrogens with zero attached hydrogens (tertiary/aromatic N) is 3. The average Bonchev–Trinajstić information content (AvgIpc) is 2.99. The predicted octanol–water partition coefficient (Wildman–Crippen LogP) is 3.04. The lowest BCUT2D eigenvalue weighted by atomic mass is 9.89. The van der Waals surface area contributed by atoms with Gasteiger partial charge in [-0.2, -0.15) is 18.3 Å². The molecule has 0 saturated carbocycles. The summed E-state index contributed by atoms with van der Waals surface area (Å²) in [7, 11) is 1.82.